The highest BCUT2D eigenvalue weighted by molar-refractivity contribution is 7.99. The molecule has 0 bridgehead atoms. The Bertz CT molecular complexity index is 409. The third kappa shape index (κ3) is 4.54. The van der Waals surface area contributed by atoms with Crippen LogP contribution < -0.4 is 4.74 Å². The maximum atomic E-state index is 10.9. The van der Waals surface area contributed by atoms with Crippen molar-refractivity contribution in [3.8, 4) is 5.75 Å². The van der Waals surface area contributed by atoms with Crippen LogP contribution in [-0.4, -0.2) is 28.5 Å². The molecule has 5 nitrogen and oxygen atoms in total. The average Bonchev–Trinajstić information content (AvgIpc) is 2.28. The Morgan fingerprint density at radius 2 is 2.22 bits per heavy atom. The van der Waals surface area contributed by atoms with Crippen molar-refractivity contribution in [3.05, 3.63) is 28.3 Å². The number of rotatable bonds is 7. The molecule has 0 unspecified atom stereocenters. The molecule has 0 heterocycles. The van der Waals surface area contributed by atoms with Gasteiger partial charge in [0.15, 0.2) is 5.75 Å². The molecule has 18 heavy (non-hydrogen) atoms. The van der Waals surface area contributed by atoms with E-state index in [-0.39, 0.29) is 18.4 Å². The predicted octanol–water partition coefficient (Wildman–Crippen LogP) is 2.86. The van der Waals surface area contributed by atoms with E-state index in [0.717, 1.165) is 10.6 Å². The standard InChI is InChI=1S/C12H17NO4S/c1-9(2)17-12-8-10(18-7-3-6-14)4-5-11(12)13(15)16/h4-5,8-9,14H,3,6-7H2,1-2H3. The number of aliphatic hydroxyl groups excluding tert-OH is 1. The van der Waals surface area contributed by atoms with Crippen LogP contribution in [-0.2, 0) is 0 Å². The lowest BCUT2D eigenvalue weighted by atomic mass is 10.3. The number of hydrogen-bond acceptors (Lipinski definition) is 5. The van der Waals surface area contributed by atoms with Crippen molar-refractivity contribution >= 4 is 17.4 Å². The van der Waals surface area contributed by atoms with Gasteiger partial charge in [-0.05, 0) is 26.3 Å². The van der Waals surface area contributed by atoms with E-state index in [4.69, 9.17) is 9.84 Å². The zero-order valence-electron chi connectivity index (χ0n) is 10.5. The van der Waals surface area contributed by atoms with E-state index in [1.165, 1.54) is 6.07 Å². The summed E-state index contributed by atoms with van der Waals surface area (Å²) in [5.41, 5.74) is -0.0183. The Morgan fingerprint density at radius 3 is 2.78 bits per heavy atom. The maximum absolute atomic E-state index is 10.9. The first-order valence-corrected chi connectivity index (χ1v) is 6.72. The smallest absolute Gasteiger partial charge is 0.311 e. The van der Waals surface area contributed by atoms with Crippen molar-refractivity contribution in [2.75, 3.05) is 12.4 Å². The first kappa shape index (κ1) is 14.8. The van der Waals surface area contributed by atoms with Gasteiger partial charge in [-0.25, -0.2) is 0 Å². The molecule has 0 spiro atoms. The number of nitro benzene ring substituents is 1. The van der Waals surface area contributed by atoms with Crippen LogP contribution in [0.25, 0.3) is 0 Å². The molecule has 0 aromatic heterocycles. The molecule has 1 aromatic carbocycles. The topological polar surface area (TPSA) is 72.6 Å². The summed E-state index contributed by atoms with van der Waals surface area (Å²) in [5, 5.41) is 19.6. The molecule has 1 rings (SSSR count). The summed E-state index contributed by atoms with van der Waals surface area (Å²) >= 11 is 1.54. The van der Waals surface area contributed by atoms with Crippen LogP contribution >= 0.6 is 11.8 Å². The Labute approximate surface area is 110 Å². The minimum atomic E-state index is -0.445. The highest BCUT2D eigenvalue weighted by Gasteiger charge is 2.16. The van der Waals surface area contributed by atoms with E-state index in [9.17, 15) is 10.1 Å². The quantitative estimate of drug-likeness (QED) is 0.357. The fourth-order valence-electron chi connectivity index (χ4n) is 1.34. The van der Waals surface area contributed by atoms with Gasteiger partial charge in [-0.2, -0.15) is 0 Å². The van der Waals surface area contributed by atoms with Crippen LogP contribution in [0.5, 0.6) is 5.75 Å². The second-order valence-electron chi connectivity index (χ2n) is 3.98. The van der Waals surface area contributed by atoms with Crippen LogP contribution in [0.4, 0.5) is 5.69 Å². The fourth-order valence-corrected chi connectivity index (χ4v) is 2.20. The van der Waals surface area contributed by atoms with Crippen LogP contribution in [0.2, 0.25) is 0 Å². The van der Waals surface area contributed by atoms with Gasteiger partial charge in [-0.15, -0.1) is 11.8 Å². The van der Waals surface area contributed by atoms with Gasteiger partial charge in [0.05, 0.1) is 11.0 Å². The third-order valence-electron chi connectivity index (χ3n) is 2.06. The molecule has 0 saturated carbocycles. The van der Waals surface area contributed by atoms with Gasteiger partial charge in [0.1, 0.15) is 0 Å². The van der Waals surface area contributed by atoms with Gasteiger partial charge in [0.2, 0.25) is 0 Å². The summed E-state index contributed by atoms with van der Waals surface area (Å²) < 4.78 is 5.45. The van der Waals surface area contributed by atoms with Crippen molar-refractivity contribution in [3.63, 3.8) is 0 Å². The molecule has 0 amide bonds. The Morgan fingerprint density at radius 1 is 1.50 bits per heavy atom. The summed E-state index contributed by atoms with van der Waals surface area (Å²) in [6, 6.07) is 4.84. The van der Waals surface area contributed by atoms with E-state index in [2.05, 4.69) is 0 Å². The molecular formula is C12H17NO4S. The number of nitro groups is 1. The van der Waals surface area contributed by atoms with Crippen molar-refractivity contribution < 1.29 is 14.8 Å². The molecule has 6 heteroatoms. The minimum absolute atomic E-state index is 0.0183. The first-order valence-electron chi connectivity index (χ1n) is 5.73. The van der Waals surface area contributed by atoms with Gasteiger partial charge in [-0.3, -0.25) is 10.1 Å². The number of hydrogen-bond donors (Lipinski definition) is 1. The molecule has 0 fully saturated rings. The molecule has 0 saturated heterocycles. The highest BCUT2D eigenvalue weighted by atomic mass is 32.2. The molecule has 0 aliphatic carbocycles. The zero-order valence-corrected chi connectivity index (χ0v) is 11.3. The van der Waals surface area contributed by atoms with Gasteiger partial charge in [0, 0.05) is 29.4 Å². The SMILES string of the molecule is CC(C)Oc1cc(SCCCO)ccc1[N+](=O)[O-]. The lowest BCUT2D eigenvalue weighted by Crippen LogP contribution is -2.07. The lowest BCUT2D eigenvalue weighted by Gasteiger charge is -2.11. The summed E-state index contributed by atoms with van der Waals surface area (Å²) in [7, 11) is 0. The Hall–Kier alpha value is -1.27. The van der Waals surface area contributed by atoms with Gasteiger partial charge in [-0.1, -0.05) is 0 Å². The average molecular weight is 271 g/mol. The molecule has 0 atom stereocenters. The van der Waals surface area contributed by atoms with Crippen LogP contribution in [0.15, 0.2) is 23.1 Å². The van der Waals surface area contributed by atoms with E-state index >= 15 is 0 Å². The second kappa shape index (κ2) is 7.23. The fraction of sp³-hybridized carbons (Fsp3) is 0.500. The predicted molar refractivity (Wildman–Crippen MR) is 71.3 cm³/mol. The lowest BCUT2D eigenvalue weighted by molar-refractivity contribution is -0.386. The van der Waals surface area contributed by atoms with E-state index < -0.39 is 4.92 Å². The minimum Gasteiger partial charge on any atom is -0.484 e. The molecule has 0 radical (unpaired) electrons. The molecule has 100 valence electrons. The van der Waals surface area contributed by atoms with Crippen LogP contribution in [0.3, 0.4) is 0 Å². The number of thioether (sulfide) groups is 1. The number of aliphatic hydroxyl groups is 1. The molecule has 1 N–H and O–H groups in total. The van der Waals surface area contributed by atoms with Gasteiger partial charge >= 0.3 is 5.69 Å². The molecule has 1 aromatic rings. The van der Waals surface area contributed by atoms with Crippen LogP contribution in [0, 0.1) is 10.1 Å². The first-order chi connectivity index (χ1) is 8.54. The largest absolute Gasteiger partial charge is 0.484 e. The zero-order chi connectivity index (χ0) is 13.5. The number of ether oxygens (including phenoxy) is 1. The number of nitrogens with zero attached hydrogens (tertiary/aromatic N) is 1. The number of benzene rings is 1. The van der Waals surface area contributed by atoms with Gasteiger partial charge < -0.3 is 9.84 Å². The highest BCUT2D eigenvalue weighted by Crippen LogP contribution is 2.32. The summed E-state index contributed by atoms with van der Waals surface area (Å²) in [4.78, 5) is 11.3. The second-order valence-corrected chi connectivity index (χ2v) is 5.15. The Kier molecular flexibility index (Phi) is 5.94. The van der Waals surface area contributed by atoms with E-state index in [0.29, 0.717) is 12.2 Å². The normalized spacial score (nSPS) is 10.7. The van der Waals surface area contributed by atoms with Crippen molar-refractivity contribution in [1.82, 2.24) is 0 Å². The third-order valence-corrected chi connectivity index (χ3v) is 3.14. The van der Waals surface area contributed by atoms with Crippen molar-refractivity contribution in [2.45, 2.75) is 31.3 Å². The van der Waals surface area contributed by atoms with Gasteiger partial charge in [0.25, 0.3) is 0 Å². The monoisotopic (exact) mass is 271 g/mol. The van der Waals surface area contributed by atoms with Crippen molar-refractivity contribution in [1.29, 1.82) is 0 Å². The Balaban J connectivity index is 2.87. The molecular weight excluding hydrogens is 254 g/mol. The maximum Gasteiger partial charge on any atom is 0.311 e. The summed E-state index contributed by atoms with van der Waals surface area (Å²) in [6.45, 7) is 3.81. The molecule has 0 aliphatic rings. The molecule has 0 aliphatic heterocycles. The summed E-state index contributed by atoms with van der Waals surface area (Å²) in [6.07, 6.45) is 0.587. The summed E-state index contributed by atoms with van der Waals surface area (Å²) in [5.74, 6) is 1.07. The van der Waals surface area contributed by atoms with Crippen molar-refractivity contribution in [2.24, 2.45) is 0 Å². The van der Waals surface area contributed by atoms with E-state index in [1.54, 1.807) is 23.9 Å². The van der Waals surface area contributed by atoms with Crippen LogP contribution in [0.1, 0.15) is 20.3 Å². The van der Waals surface area contributed by atoms with E-state index in [1.807, 2.05) is 13.8 Å².